The van der Waals surface area contributed by atoms with Crippen LogP contribution in [0.2, 0.25) is 0 Å². The van der Waals surface area contributed by atoms with Crippen molar-refractivity contribution >= 4 is 11.5 Å². The highest BCUT2D eigenvalue weighted by Gasteiger charge is 2.14. The minimum Gasteiger partial charge on any atom is -0.478 e. The molecule has 0 heterocycles. The van der Waals surface area contributed by atoms with Gasteiger partial charge in [0.2, 0.25) is 0 Å². The van der Waals surface area contributed by atoms with Gasteiger partial charge in [-0.25, -0.2) is 4.79 Å². The van der Waals surface area contributed by atoms with E-state index in [-0.39, 0.29) is 5.41 Å². The maximum atomic E-state index is 11.1. The summed E-state index contributed by atoms with van der Waals surface area (Å²) in [6, 6.07) is 17.7. The Morgan fingerprint density at radius 2 is 1.43 bits per heavy atom. The first-order valence-electron chi connectivity index (χ1n) is 6.99. The number of hydrogen-bond acceptors (Lipinski definition) is 1. The SMILES string of the molecule is CC(C)(C)c1ccc(/C(=C\C(=O)O)c2ccccc2)cc1. The van der Waals surface area contributed by atoms with Crippen LogP contribution in [-0.2, 0) is 10.2 Å². The Bertz CT molecular complexity index is 644. The Labute approximate surface area is 125 Å². The molecule has 0 amide bonds. The minimum absolute atomic E-state index is 0.0853. The van der Waals surface area contributed by atoms with Gasteiger partial charge in [0.15, 0.2) is 0 Å². The van der Waals surface area contributed by atoms with Crippen LogP contribution >= 0.6 is 0 Å². The molecular weight excluding hydrogens is 260 g/mol. The predicted molar refractivity (Wildman–Crippen MR) is 86.3 cm³/mol. The maximum absolute atomic E-state index is 11.1. The zero-order chi connectivity index (χ0) is 15.5. The van der Waals surface area contributed by atoms with E-state index in [2.05, 4.69) is 32.9 Å². The molecule has 0 atom stereocenters. The van der Waals surface area contributed by atoms with Crippen LogP contribution in [0.3, 0.4) is 0 Å². The van der Waals surface area contributed by atoms with Crippen LogP contribution in [-0.4, -0.2) is 11.1 Å². The van der Waals surface area contributed by atoms with Gasteiger partial charge in [0, 0.05) is 6.08 Å². The van der Waals surface area contributed by atoms with Crippen molar-refractivity contribution in [2.45, 2.75) is 26.2 Å². The summed E-state index contributed by atoms with van der Waals surface area (Å²) in [6.45, 7) is 6.48. The van der Waals surface area contributed by atoms with Crippen molar-refractivity contribution in [2.75, 3.05) is 0 Å². The van der Waals surface area contributed by atoms with E-state index in [1.807, 2.05) is 42.5 Å². The van der Waals surface area contributed by atoms with E-state index in [4.69, 9.17) is 5.11 Å². The number of hydrogen-bond donors (Lipinski definition) is 1. The van der Waals surface area contributed by atoms with Gasteiger partial charge in [0.25, 0.3) is 0 Å². The van der Waals surface area contributed by atoms with Crippen molar-refractivity contribution in [3.05, 3.63) is 77.4 Å². The molecule has 21 heavy (non-hydrogen) atoms. The molecule has 2 nitrogen and oxygen atoms in total. The van der Waals surface area contributed by atoms with Crippen LogP contribution in [0.5, 0.6) is 0 Å². The molecule has 0 spiro atoms. The third-order valence-electron chi connectivity index (χ3n) is 3.41. The lowest BCUT2D eigenvalue weighted by Crippen LogP contribution is -2.10. The Kier molecular flexibility index (Phi) is 4.27. The Hall–Kier alpha value is -2.35. The average molecular weight is 280 g/mol. The first kappa shape index (κ1) is 15.0. The van der Waals surface area contributed by atoms with E-state index in [1.54, 1.807) is 0 Å². The first-order valence-corrected chi connectivity index (χ1v) is 6.99. The quantitative estimate of drug-likeness (QED) is 0.840. The van der Waals surface area contributed by atoms with Gasteiger partial charge in [-0.3, -0.25) is 0 Å². The summed E-state index contributed by atoms with van der Waals surface area (Å²) >= 11 is 0. The van der Waals surface area contributed by atoms with Gasteiger partial charge in [-0.1, -0.05) is 75.4 Å². The van der Waals surface area contributed by atoms with Crippen LogP contribution in [0.4, 0.5) is 0 Å². The lowest BCUT2D eigenvalue weighted by molar-refractivity contribution is -0.131. The third-order valence-corrected chi connectivity index (χ3v) is 3.41. The molecule has 0 aromatic heterocycles. The lowest BCUT2D eigenvalue weighted by Gasteiger charge is -2.19. The van der Waals surface area contributed by atoms with Gasteiger partial charge < -0.3 is 5.11 Å². The molecule has 0 unspecified atom stereocenters. The summed E-state index contributed by atoms with van der Waals surface area (Å²) in [5.41, 5.74) is 3.86. The van der Waals surface area contributed by atoms with E-state index in [0.717, 1.165) is 16.7 Å². The molecule has 2 aromatic carbocycles. The van der Waals surface area contributed by atoms with E-state index in [0.29, 0.717) is 0 Å². The second kappa shape index (κ2) is 5.96. The number of carboxylic acid groups (broad SMARTS) is 1. The van der Waals surface area contributed by atoms with Crippen LogP contribution in [0.15, 0.2) is 60.7 Å². The van der Waals surface area contributed by atoms with Crippen LogP contribution in [0, 0.1) is 0 Å². The maximum Gasteiger partial charge on any atom is 0.328 e. The number of aliphatic carboxylic acids is 1. The van der Waals surface area contributed by atoms with Gasteiger partial charge in [-0.05, 0) is 27.7 Å². The number of carboxylic acids is 1. The standard InChI is InChI=1S/C19H20O2/c1-19(2,3)16-11-9-15(10-12-16)17(13-18(20)21)14-7-5-4-6-8-14/h4-13H,1-3H3,(H,20,21)/b17-13-. The molecule has 108 valence electrons. The topological polar surface area (TPSA) is 37.3 Å². The second-order valence-electron chi connectivity index (χ2n) is 6.09. The van der Waals surface area contributed by atoms with Crippen LogP contribution in [0.1, 0.15) is 37.5 Å². The second-order valence-corrected chi connectivity index (χ2v) is 6.09. The van der Waals surface area contributed by atoms with Crippen molar-refractivity contribution in [1.29, 1.82) is 0 Å². The fourth-order valence-electron chi connectivity index (χ4n) is 2.22. The summed E-state index contributed by atoms with van der Waals surface area (Å²) < 4.78 is 0. The van der Waals surface area contributed by atoms with Crippen molar-refractivity contribution in [3.63, 3.8) is 0 Å². The fourth-order valence-corrected chi connectivity index (χ4v) is 2.22. The molecule has 0 saturated carbocycles. The van der Waals surface area contributed by atoms with Crippen molar-refractivity contribution in [3.8, 4) is 0 Å². The van der Waals surface area contributed by atoms with Gasteiger partial charge in [-0.15, -0.1) is 0 Å². The molecule has 0 saturated heterocycles. The fraction of sp³-hybridized carbons (Fsp3) is 0.211. The smallest absolute Gasteiger partial charge is 0.328 e. The van der Waals surface area contributed by atoms with E-state index >= 15 is 0 Å². The highest BCUT2D eigenvalue weighted by Crippen LogP contribution is 2.27. The molecule has 0 aliphatic carbocycles. The number of benzene rings is 2. The van der Waals surface area contributed by atoms with Gasteiger partial charge in [0.1, 0.15) is 0 Å². The number of rotatable bonds is 3. The van der Waals surface area contributed by atoms with Crippen LogP contribution in [0.25, 0.3) is 5.57 Å². The third kappa shape index (κ3) is 3.82. The minimum atomic E-state index is -0.936. The van der Waals surface area contributed by atoms with Crippen molar-refractivity contribution < 1.29 is 9.90 Å². The molecule has 0 aliphatic rings. The molecule has 0 radical (unpaired) electrons. The van der Waals surface area contributed by atoms with Crippen molar-refractivity contribution in [1.82, 2.24) is 0 Å². The predicted octanol–water partition coefficient (Wildman–Crippen LogP) is 4.50. The van der Waals surface area contributed by atoms with E-state index in [9.17, 15) is 4.79 Å². The monoisotopic (exact) mass is 280 g/mol. The van der Waals surface area contributed by atoms with Gasteiger partial charge >= 0.3 is 5.97 Å². The molecule has 2 rings (SSSR count). The molecule has 1 N–H and O–H groups in total. The largest absolute Gasteiger partial charge is 0.478 e. The molecular formula is C19H20O2. The van der Waals surface area contributed by atoms with Gasteiger partial charge in [0.05, 0.1) is 0 Å². The average Bonchev–Trinajstić information content (AvgIpc) is 2.45. The molecule has 0 aliphatic heterocycles. The molecule has 2 heteroatoms. The molecule has 2 aromatic rings. The summed E-state index contributed by atoms with van der Waals surface area (Å²) in [5.74, 6) is -0.936. The van der Waals surface area contributed by atoms with Gasteiger partial charge in [-0.2, -0.15) is 0 Å². The number of carbonyl (C=O) groups is 1. The Balaban J connectivity index is 2.46. The zero-order valence-corrected chi connectivity index (χ0v) is 12.6. The zero-order valence-electron chi connectivity index (χ0n) is 12.6. The van der Waals surface area contributed by atoms with Crippen LogP contribution < -0.4 is 0 Å². The summed E-state index contributed by atoms with van der Waals surface area (Å²) in [5, 5.41) is 9.11. The Morgan fingerprint density at radius 1 is 0.905 bits per heavy atom. The van der Waals surface area contributed by atoms with Crippen molar-refractivity contribution in [2.24, 2.45) is 0 Å². The molecule has 0 bridgehead atoms. The van der Waals surface area contributed by atoms with E-state index < -0.39 is 5.97 Å². The first-order chi connectivity index (χ1) is 9.88. The highest BCUT2D eigenvalue weighted by atomic mass is 16.4. The summed E-state index contributed by atoms with van der Waals surface area (Å²) in [7, 11) is 0. The molecule has 0 fully saturated rings. The lowest BCUT2D eigenvalue weighted by atomic mass is 9.85. The van der Waals surface area contributed by atoms with E-state index in [1.165, 1.54) is 11.6 Å². The highest BCUT2D eigenvalue weighted by molar-refractivity contribution is 5.95. The summed E-state index contributed by atoms with van der Waals surface area (Å²) in [6.07, 6.45) is 1.27. The normalized spacial score (nSPS) is 12.2. The summed E-state index contributed by atoms with van der Waals surface area (Å²) in [4.78, 5) is 11.1. The Morgan fingerprint density at radius 3 is 1.90 bits per heavy atom.